The second kappa shape index (κ2) is 5.96. The first-order valence-corrected chi connectivity index (χ1v) is 7.17. The number of hydrogen-bond acceptors (Lipinski definition) is 6. The van der Waals surface area contributed by atoms with E-state index in [0.717, 1.165) is 0 Å². The number of aliphatic hydroxyl groups is 1. The van der Waals surface area contributed by atoms with Gasteiger partial charge in [-0.05, 0) is 36.1 Å². The Labute approximate surface area is 138 Å². The number of aliphatic carboxylic acids is 1. The minimum Gasteiger partial charge on any atom is -0.481 e. The lowest BCUT2D eigenvalue weighted by Gasteiger charge is -2.24. The molecule has 2 heterocycles. The van der Waals surface area contributed by atoms with Crippen molar-refractivity contribution in [3.63, 3.8) is 0 Å². The van der Waals surface area contributed by atoms with Crippen molar-refractivity contribution in [1.29, 1.82) is 5.26 Å². The summed E-state index contributed by atoms with van der Waals surface area (Å²) in [5.41, 5.74) is 2.19. The molecule has 0 aliphatic carbocycles. The smallest absolute Gasteiger partial charge is 0.313 e. The lowest BCUT2D eigenvalue weighted by molar-refractivity contribution is -0.170. The summed E-state index contributed by atoms with van der Waals surface area (Å²) >= 11 is 0. The largest absolute Gasteiger partial charge is 0.481 e. The van der Waals surface area contributed by atoms with Gasteiger partial charge in [0, 0.05) is 17.8 Å². The summed E-state index contributed by atoms with van der Waals surface area (Å²) in [6.45, 7) is 1.74. The molecule has 1 aliphatic rings. The fourth-order valence-corrected chi connectivity index (χ4v) is 2.83. The highest BCUT2D eigenvalue weighted by atomic mass is 16.6. The van der Waals surface area contributed by atoms with Crippen LogP contribution in [0.25, 0.3) is 0 Å². The zero-order valence-corrected chi connectivity index (χ0v) is 12.8. The molecule has 0 bridgehead atoms. The number of fused-ring (bicyclic) bond motifs is 1. The summed E-state index contributed by atoms with van der Waals surface area (Å²) < 4.78 is 11.0. The first-order chi connectivity index (χ1) is 11.4. The van der Waals surface area contributed by atoms with Crippen molar-refractivity contribution >= 4 is 18.9 Å². The van der Waals surface area contributed by atoms with Crippen LogP contribution in [0.5, 0.6) is 11.6 Å². The number of nitriles is 1. The molecule has 0 radical (unpaired) electrons. The number of hydrogen-bond donors (Lipinski definition) is 2. The number of rotatable bonds is 4. The van der Waals surface area contributed by atoms with Gasteiger partial charge in [-0.15, -0.1) is 0 Å². The van der Waals surface area contributed by atoms with Crippen molar-refractivity contribution in [1.82, 2.24) is 4.98 Å². The highest BCUT2D eigenvalue weighted by Crippen LogP contribution is 2.34. The molecule has 120 valence electrons. The molecular weight excluding hydrogens is 311 g/mol. The van der Waals surface area contributed by atoms with Crippen molar-refractivity contribution in [2.24, 2.45) is 0 Å². The highest BCUT2D eigenvalue weighted by molar-refractivity contribution is 6.49. The van der Waals surface area contributed by atoms with Gasteiger partial charge in [-0.25, -0.2) is 4.98 Å². The third-order valence-electron chi connectivity index (χ3n) is 3.73. The lowest BCUT2D eigenvalue weighted by atomic mass is 9.83. The Morgan fingerprint density at radius 3 is 3.00 bits per heavy atom. The zero-order valence-electron chi connectivity index (χ0n) is 12.8. The van der Waals surface area contributed by atoms with Gasteiger partial charge >= 0.3 is 13.5 Å². The molecule has 3 rings (SSSR count). The molecule has 1 aromatic carbocycles. The Morgan fingerprint density at radius 1 is 1.50 bits per heavy atom. The van der Waals surface area contributed by atoms with E-state index in [4.69, 9.17) is 19.8 Å². The molecule has 2 N–H and O–H groups in total. The standard InChI is InChI=1S/C16H13BN2O5/c1-9-4-11(23-13-5-10(8-18)2-3-19-13)6-12-15(9)16(22,24-17-12)7-14(20)21/h2-6,17,22H,7H2,1H3,(H,20,21). The van der Waals surface area contributed by atoms with E-state index in [0.29, 0.717) is 27.9 Å². The van der Waals surface area contributed by atoms with Gasteiger partial charge in [0.25, 0.3) is 0 Å². The van der Waals surface area contributed by atoms with Gasteiger partial charge in [-0.2, -0.15) is 5.26 Å². The van der Waals surface area contributed by atoms with Crippen LogP contribution in [0.1, 0.15) is 23.1 Å². The number of carboxylic acid groups (broad SMARTS) is 1. The maximum absolute atomic E-state index is 11.0. The first-order valence-electron chi connectivity index (χ1n) is 7.17. The summed E-state index contributed by atoms with van der Waals surface area (Å²) in [5, 5.41) is 28.3. The third kappa shape index (κ3) is 2.95. The van der Waals surface area contributed by atoms with Crippen LogP contribution < -0.4 is 10.2 Å². The highest BCUT2D eigenvalue weighted by Gasteiger charge is 2.42. The molecule has 2 aromatic rings. The van der Waals surface area contributed by atoms with Gasteiger partial charge in [0.15, 0.2) is 5.79 Å². The second-order valence-electron chi connectivity index (χ2n) is 5.51. The van der Waals surface area contributed by atoms with Gasteiger partial charge in [0.2, 0.25) is 5.88 Å². The van der Waals surface area contributed by atoms with Gasteiger partial charge in [-0.1, -0.05) is 0 Å². The Bertz CT molecular complexity index is 864. The van der Waals surface area contributed by atoms with E-state index in [1.165, 1.54) is 12.3 Å². The minimum absolute atomic E-state index is 0.0861. The number of carboxylic acids is 1. The maximum atomic E-state index is 11.0. The minimum atomic E-state index is -1.83. The summed E-state index contributed by atoms with van der Waals surface area (Å²) in [4.78, 5) is 15.0. The SMILES string of the molecule is Cc1cc(Oc2cc(C#N)ccn2)cc2c1C(O)(CC(=O)O)OB2. The maximum Gasteiger partial charge on any atom is 0.313 e. The van der Waals surface area contributed by atoms with Crippen LogP contribution in [-0.2, 0) is 15.2 Å². The van der Waals surface area contributed by atoms with Crippen LogP contribution in [0.3, 0.4) is 0 Å². The van der Waals surface area contributed by atoms with Crippen LogP contribution in [0, 0.1) is 18.3 Å². The third-order valence-corrected chi connectivity index (χ3v) is 3.73. The molecule has 1 unspecified atom stereocenters. The summed E-state index contributed by atoms with van der Waals surface area (Å²) in [6, 6.07) is 8.43. The number of aryl methyl sites for hydroxylation is 1. The van der Waals surface area contributed by atoms with Crippen molar-refractivity contribution in [3.8, 4) is 17.7 Å². The van der Waals surface area contributed by atoms with E-state index < -0.39 is 18.2 Å². The second-order valence-corrected chi connectivity index (χ2v) is 5.51. The van der Waals surface area contributed by atoms with Crippen LogP contribution >= 0.6 is 0 Å². The quantitative estimate of drug-likeness (QED) is 0.795. The van der Waals surface area contributed by atoms with E-state index in [1.54, 1.807) is 25.1 Å². The summed E-state index contributed by atoms with van der Waals surface area (Å²) in [5.74, 6) is -2.24. The van der Waals surface area contributed by atoms with Crippen molar-refractivity contribution < 1.29 is 24.4 Å². The van der Waals surface area contributed by atoms with Crippen LogP contribution in [0.2, 0.25) is 0 Å². The van der Waals surface area contributed by atoms with E-state index in [2.05, 4.69) is 4.98 Å². The molecule has 0 saturated heterocycles. The van der Waals surface area contributed by atoms with Gasteiger partial charge in [0.05, 0.1) is 11.6 Å². The van der Waals surface area contributed by atoms with Gasteiger partial charge in [0.1, 0.15) is 12.2 Å². The topological polar surface area (TPSA) is 113 Å². The Morgan fingerprint density at radius 2 is 2.29 bits per heavy atom. The number of aromatic nitrogens is 1. The normalized spacial score (nSPS) is 18.4. The molecular formula is C16H13BN2O5. The summed E-state index contributed by atoms with van der Waals surface area (Å²) in [6.07, 6.45) is 0.940. The Balaban J connectivity index is 1.93. The molecule has 1 aliphatic heterocycles. The lowest BCUT2D eigenvalue weighted by Crippen LogP contribution is -2.30. The van der Waals surface area contributed by atoms with Crippen LogP contribution in [0.4, 0.5) is 0 Å². The van der Waals surface area contributed by atoms with Gasteiger partial charge < -0.3 is 19.6 Å². The van der Waals surface area contributed by atoms with E-state index in [9.17, 15) is 9.90 Å². The number of carbonyl (C=O) groups is 1. The monoisotopic (exact) mass is 324 g/mol. The molecule has 0 fully saturated rings. The Kier molecular flexibility index (Phi) is 3.97. The molecule has 0 amide bonds. The fraction of sp³-hybridized carbons (Fsp3) is 0.188. The fourth-order valence-electron chi connectivity index (χ4n) is 2.83. The molecule has 1 atom stereocenters. The van der Waals surface area contributed by atoms with Crippen LogP contribution in [0.15, 0.2) is 30.5 Å². The predicted octanol–water partition coefficient (Wildman–Crippen LogP) is 0.681. The molecule has 7 nitrogen and oxygen atoms in total. The molecule has 0 spiro atoms. The van der Waals surface area contributed by atoms with Crippen molar-refractivity contribution in [3.05, 3.63) is 47.2 Å². The van der Waals surface area contributed by atoms with Crippen molar-refractivity contribution in [2.45, 2.75) is 19.1 Å². The number of nitrogens with zero attached hydrogens (tertiary/aromatic N) is 2. The molecule has 8 heteroatoms. The number of pyridine rings is 1. The molecule has 24 heavy (non-hydrogen) atoms. The predicted molar refractivity (Wildman–Crippen MR) is 84.2 cm³/mol. The average Bonchev–Trinajstić information content (AvgIpc) is 2.83. The Hall–Kier alpha value is -2.89. The zero-order chi connectivity index (χ0) is 17.3. The number of ether oxygens (including phenoxy) is 1. The molecule has 1 aromatic heterocycles. The first kappa shape index (κ1) is 16.0. The van der Waals surface area contributed by atoms with Crippen LogP contribution in [-0.4, -0.2) is 28.6 Å². The van der Waals surface area contributed by atoms with E-state index >= 15 is 0 Å². The van der Waals surface area contributed by atoms with E-state index in [1.807, 2.05) is 6.07 Å². The summed E-state index contributed by atoms with van der Waals surface area (Å²) in [7, 11) is 0.0861. The van der Waals surface area contributed by atoms with E-state index in [-0.39, 0.29) is 13.4 Å². The van der Waals surface area contributed by atoms with Crippen molar-refractivity contribution in [2.75, 3.05) is 0 Å². The van der Waals surface area contributed by atoms with Gasteiger partial charge in [-0.3, -0.25) is 4.79 Å². The average molecular weight is 324 g/mol. The number of benzene rings is 1. The molecule has 0 saturated carbocycles.